The molecule has 0 aliphatic carbocycles. The summed E-state index contributed by atoms with van der Waals surface area (Å²) in [6.45, 7) is 0.262. The van der Waals surface area contributed by atoms with Gasteiger partial charge in [-0.3, -0.25) is 14.8 Å². The Morgan fingerprint density at radius 3 is 2.39 bits per heavy atom. The SMILES string of the molecule is Nc1nc(-c2ccccc2)c(-c2ccc3ncccc3c2)nc1C(=O)NCc1ccccn1. The van der Waals surface area contributed by atoms with E-state index in [1.54, 1.807) is 12.4 Å². The molecule has 7 heteroatoms. The molecule has 33 heavy (non-hydrogen) atoms. The average molecular weight is 432 g/mol. The van der Waals surface area contributed by atoms with E-state index in [2.05, 4.69) is 20.3 Å². The minimum Gasteiger partial charge on any atom is -0.382 e. The van der Waals surface area contributed by atoms with E-state index in [1.165, 1.54) is 0 Å². The summed E-state index contributed by atoms with van der Waals surface area (Å²) < 4.78 is 0. The van der Waals surface area contributed by atoms with Gasteiger partial charge in [-0.15, -0.1) is 0 Å². The van der Waals surface area contributed by atoms with Crippen LogP contribution >= 0.6 is 0 Å². The third-order valence-electron chi connectivity index (χ3n) is 5.22. The zero-order valence-electron chi connectivity index (χ0n) is 17.6. The summed E-state index contributed by atoms with van der Waals surface area (Å²) in [4.78, 5) is 30.9. The van der Waals surface area contributed by atoms with Crippen LogP contribution in [-0.4, -0.2) is 25.8 Å². The van der Waals surface area contributed by atoms with Gasteiger partial charge >= 0.3 is 0 Å². The molecule has 0 fully saturated rings. The highest BCUT2D eigenvalue weighted by molar-refractivity contribution is 5.98. The number of anilines is 1. The Balaban J connectivity index is 1.59. The van der Waals surface area contributed by atoms with Gasteiger partial charge in [0.05, 0.1) is 29.1 Å². The fourth-order valence-corrected chi connectivity index (χ4v) is 3.59. The maximum atomic E-state index is 13.0. The van der Waals surface area contributed by atoms with Crippen LogP contribution in [0, 0.1) is 0 Å². The van der Waals surface area contributed by atoms with Gasteiger partial charge in [-0.2, -0.15) is 0 Å². The molecule has 0 saturated carbocycles. The molecule has 5 aromatic rings. The first-order valence-electron chi connectivity index (χ1n) is 10.5. The van der Waals surface area contributed by atoms with Crippen LogP contribution in [0.4, 0.5) is 5.82 Å². The van der Waals surface area contributed by atoms with Gasteiger partial charge in [-0.25, -0.2) is 9.97 Å². The lowest BCUT2D eigenvalue weighted by Gasteiger charge is -2.13. The lowest BCUT2D eigenvalue weighted by Crippen LogP contribution is -2.26. The summed E-state index contributed by atoms with van der Waals surface area (Å²) in [6.07, 6.45) is 3.43. The molecule has 160 valence electrons. The quantitative estimate of drug-likeness (QED) is 0.430. The van der Waals surface area contributed by atoms with Gasteiger partial charge in [0.1, 0.15) is 0 Å². The Kier molecular flexibility index (Phi) is 5.43. The third-order valence-corrected chi connectivity index (χ3v) is 5.22. The molecule has 2 aromatic carbocycles. The maximum Gasteiger partial charge on any atom is 0.274 e. The largest absolute Gasteiger partial charge is 0.382 e. The van der Waals surface area contributed by atoms with Crippen molar-refractivity contribution < 1.29 is 4.79 Å². The summed E-state index contributed by atoms with van der Waals surface area (Å²) in [5, 5.41) is 3.80. The van der Waals surface area contributed by atoms with E-state index >= 15 is 0 Å². The molecule has 0 saturated heterocycles. The highest BCUT2D eigenvalue weighted by Crippen LogP contribution is 2.32. The molecule has 3 N–H and O–H groups in total. The number of nitrogens with one attached hydrogen (secondary N) is 1. The van der Waals surface area contributed by atoms with E-state index in [0.29, 0.717) is 11.4 Å². The van der Waals surface area contributed by atoms with E-state index in [0.717, 1.165) is 27.7 Å². The van der Waals surface area contributed by atoms with Crippen molar-refractivity contribution in [3.63, 3.8) is 0 Å². The number of hydrogen-bond acceptors (Lipinski definition) is 6. The molecule has 0 unspecified atom stereocenters. The van der Waals surface area contributed by atoms with Gasteiger partial charge < -0.3 is 11.1 Å². The first kappa shape index (κ1) is 20.3. The first-order valence-corrected chi connectivity index (χ1v) is 10.5. The molecule has 0 spiro atoms. The maximum absolute atomic E-state index is 13.0. The predicted octanol–water partition coefficient (Wildman–Crippen LogP) is 4.27. The number of hydrogen-bond donors (Lipinski definition) is 2. The number of fused-ring (bicyclic) bond motifs is 1. The van der Waals surface area contributed by atoms with E-state index in [4.69, 9.17) is 10.7 Å². The summed E-state index contributed by atoms with van der Waals surface area (Å²) in [7, 11) is 0. The Bertz CT molecular complexity index is 1440. The smallest absolute Gasteiger partial charge is 0.274 e. The van der Waals surface area contributed by atoms with Crippen LogP contribution in [0.5, 0.6) is 0 Å². The molecule has 0 bridgehead atoms. The number of nitrogen functional groups attached to an aromatic ring is 1. The first-order chi connectivity index (χ1) is 16.2. The second-order valence-corrected chi connectivity index (χ2v) is 7.44. The second kappa shape index (κ2) is 8.84. The summed E-state index contributed by atoms with van der Waals surface area (Å²) >= 11 is 0. The number of rotatable bonds is 5. The van der Waals surface area contributed by atoms with Gasteiger partial charge in [0.25, 0.3) is 5.91 Å². The molecule has 0 radical (unpaired) electrons. The minimum atomic E-state index is -0.408. The van der Waals surface area contributed by atoms with Crippen LogP contribution < -0.4 is 11.1 Å². The summed E-state index contributed by atoms with van der Waals surface area (Å²) in [5.74, 6) is -0.340. The van der Waals surface area contributed by atoms with Crippen LogP contribution in [0.2, 0.25) is 0 Å². The fraction of sp³-hybridized carbons (Fsp3) is 0.0385. The molecule has 0 aliphatic rings. The molecular weight excluding hydrogens is 412 g/mol. The zero-order valence-corrected chi connectivity index (χ0v) is 17.6. The predicted molar refractivity (Wildman–Crippen MR) is 128 cm³/mol. The molecule has 0 atom stereocenters. The number of pyridine rings is 2. The molecule has 5 rings (SSSR count). The van der Waals surface area contributed by atoms with Crippen molar-refractivity contribution >= 4 is 22.6 Å². The van der Waals surface area contributed by atoms with Gasteiger partial charge in [0, 0.05) is 28.9 Å². The van der Waals surface area contributed by atoms with Crippen molar-refractivity contribution in [2.75, 3.05) is 5.73 Å². The summed E-state index contributed by atoms with van der Waals surface area (Å²) in [6, 6.07) is 24.9. The van der Waals surface area contributed by atoms with E-state index < -0.39 is 5.91 Å². The Morgan fingerprint density at radius 1 is 0.788 bits per heavy atom. The van der Waals surface area contributed by atoms with Crippen LogP contribution in [0.25, 0.3) is 33.4 Å². The van der Waals surface area contributed by atoms with Crippen molar-refractivity contribution in [2.45, 2.75) is 6.54 Å². The van der Waals surface area contributed by atoms with Gasteiger partial charge in [-0.1, -0.05) is 48.5 Å². The van der Waals surface area contributed by atoms with Crippen LogP contribution in [0.1, 0.15) is 16.2 Å². The van der Waals surface area contributed by atoms with E-state index in [-0.39, 0.29) is 18.1 Å². The van der Waals surface area contributed by atoms with Crippen molar-refractivity contribution in [3.8, 4) is 22.5 Å². The Labute approximate surface area is 190 Å². The normalized spacial score (nSPS) is 10.8. The molecule has 7 nitrogen and oxygen atoms in total. The van der Waals surface area contributed by atoms with Crippen LogP contribution in [-0.2, 0) is 6.54 Å². The fourth-order valence-electron chi connectivity index (χ4n) is 3.59. The number of nitrogens with two attached hydrogens (primary N) is 1. The molecule has 3 aromatic heterocycles. The molecule has 3 heterocycles. The lowest BCUT2D eigenvalue weighted by atomic mass is 10.0. The average Bonchev–Trinajstić information content (AvgIpc) is 2.88. The molecule has 0 aliphatic heterocycles. The van der Waals surface area contributed by atoms with Crippen molar-refractivity contribution in [1.82, 2.24) is 25.3 Å². The van der Waals surface area contributed by atoms with Crippen molar-refractivity contribution in [1.29, 1.82) is 0 Å². The van der Waals surface area contributed by atoms with Gasteiger partial charge in [0.2, 0.25) is 0 Å². The number of benzene rings is 2. The number of carbonyl (C=O) groups excluding carboxylic acids is 1. The molecule has 1 amide bonds. The monoisotopic (exact) mass is 432 g/mol. The second-order valence-electron chi connectivity index (χ2n) is 7.44. The van der Waals surface area contributed by atoms with Gasteiger partial charge in [-0.05, 0) is 30.3 Å². The minimum absolute atomic E-state index is 0.0681. The highest BCUT2D eigenvalue weighted by Gasteiger charge is 2.20. The van der Waals surface area contributed by atoms with Crippen molar-refractivity contribution in [3.05, 3.63) is 103 Å². The van der Waals surface area contributed by atoms with Gasteiger partial charge in [0.15, 0.2) is 11.5 Å². The highest BCUT2D eigenvalue weighted by atomic mass is 16.1. The Morgan fingerprint density at radius 2 is 1.58 bits per heavy atom. The number of aromatic nitrogens is 4. The van der Waals surface area contributed by atoms with E-state index in [1.807, 2.05) is 78.9 Å². The lowest BCUT2D eigenvalue weighted by molar-refractivity contribution is 0.0946. The van der Waals surface area contributed by atoms with E-state index in [9.17, 15) is 4.79 Å². The van der Waals surface area contributed by atoms with Crippen LogP contribution in [0.3, 0.4) is 0 Å². The topological polar surface area (TPSA) is 107 Å². The van der Waals surface area contributed by atoms with Crippen molar-refractivity contribution in [2.24, 2.45) is 0 Å². The number of amides is 1. The van der Waals surface area contributed by atoms with Crippen LogP contribution in [0.15, 0.2) is 91.3 Å². The molecular formula is C26H20N6O. The Hall–Kier alpha value is -4.65. The number of nitrogens with zero attached hydrogens (tertiary/aromatic N) is 4. The number of carbonyl (C=O) groups is 1. The summed E-state index contributed by atoms with van der Waals surface area (Å²) in [5.41, 5.74) is 10.8. The standard InChI is InChI=1S/C26H20N6O/c27-25-24(26(33)30-16-20-10-4-5-13-28-20)31-23(22(32-25)17-7-2-1-3-8-17)19-11-12-21-18(15-19)9-6-14-29-21/h1-15H,16H2,(H2,27,32)(H,30,33). The zero-order chi connectivity index (χ0) is 22.6. The third kappa shape index (κ3) is 4.24.